The molecule has 0 fully saturated rings. The lowest BCUT2D eigenvalue weighted by atomic mass is 10.2. The molecule has 4 rings (SSSR count). The molecule has 0 spiro atoms. The number of nitrogens with one attached hydrogen (secondary N) is 2. The summed E-state index contributed by atoms with van der Waals surface area (Å²) in [4.78, 5) is 17.1. The Bertz CT molecular complexity index is 1390. The van der Waals surface area contributed by atoms with Crippen molar-refractivity contribution in [3.05, 3.63) is 69.7 Å². The molecule has 0 aliphatic carbocycles. The van der Waals surface area contributed by atoms with Gasteiger partial charge in [-0.05, 0) is 89.7 Å². The number of ether oxygens (including phenoxy) is 2. The summed E-state index contributed by atoms with van der Waals surface area (Å²) in [5.74, 6) is 1.31. The van der Waals surface area contributed by atoms with Crippen LogP contribution in [0.5, 0.6) is 11.5 Å². The maximum Gasteiger partial charge on any atom is 0.257 e. The van der Waals surface area contributed by atoms with Crippen molar-refractivity contribution in [2.45, 2.75) is 6.92 Å². The molecular weight excluding hydrogens is 542 g/mol. The van der Waals surface area contributed by atoms with Gasteiger partial charge in [0.1, 0.15) is 17.0 Å². The number of carbonyl (C=O) groups excluding carboxylic acids is 1. The van der Waals surface area contributed by atoms with Crippen molar-refractivity contribution in [3.8, 4) is 23.0 Å². The molecule has 10 heteroatoms. The van der Waals surface area contributed by atoms with E-state index in [9.17, 15) is 4.79 Å². The summed E-state index contributed by atoms with van der Waals surface area (Å²) in [6.07, 6.45) is 0. The van der Waals surface area contributed by atoms with E-state index in [4.69, 9.17) is 37.7 Å². The van der Waals surface area contributed by atoms with Crippen molar-refractivity contribution >= 4 is 67.6 Å². The van der Waals surface area contributed by atoms with Crippen molar-refractivity contribution < 1.29 is 18.7 Å². The maximum atomic E-state index is 12.6. The third-order valence-electron chi connectivity index (χ3n) is 4.77. The molecular formula is C24H19BrClN3O4S. The molecule has 0 saturated heterocycles. The van der Waals surface area contributed by atoms with Crippen LogP contribution in [0.2, 0.25) is 5.02 Å². The Kier molecular flexibility index (Phi) is 7.35. The largest absolute Gasteiger partial charge is 0.495 e. The molecule has 0 aliphatic heterocycles. The Morgan fingerprint density at radius 3 is 2.65 bits per heavy atom. The second-order valence-corrected chi connectivity index (χ2v) is 8.71. The van der Waals surface area contributed by atoms with Gasteiger partial charge in [-0.25, -0.2) is 4.98 Å². The molecule has 1 heterocycles. The van der Waals surface area contributed by atoms with Crippen LogP contribution in [0.4, 0.5) is 5.69 Å². The van der Waals surface area contributed by atoms with Crippen LogP contribution >= 0.6 is 39.7 Å². The topological polar surface area (TPSA) is 85.6 Å². The lowest BCUT2D eigenvalue weighted by Gasteiger charge is -2.11. The lowest BCUT2D eigenvalue weighted by molar-refractivity contribution is 0.0977. The van der Waals surface area contributed by atoms with Crippen LogP contribution in [-0.4, -0.2) is 29.7 Å². The summed E-state index contributed by atoms with van der Waals surface area (Å²) in [5, 5.41) is 6.28. The lowest BCUT2D eigenvalue weighted by Crippen LogP contribution is -2.34. The van der Waals surface area contributed by atoms with Crippen LogP contribution < -0.4 is 20.1 Å². The zero-order chi connectivity index (χ0) is 24.2. The first-order valence-electron chi connectivity index (χ1n) is 10.2. The first-order valence-corrected chi connectivity index (χ1v) is 11.7. The summed E-state index contributed by atoms with van der Waals surface area (Å²) in [7, 11) is 1.55. The Labute approximate surface area is 214 Å². The number of fused-ring (bicyclic) bond motifs is 1. The highest BCUT2D eigenvalue weighted by molar-refractivity contribution is 9.10. The fourth-order valence-corrected chi connectivity index (χ4v) is 4.14. The Morgan fingerprint density at radius 1 is 1.15 bits per heavy atom. The van der Waals surface area contributed by atoms with Crippen molar-refractivity contribution in [3.63, 3.8) is 0 Å². The number of anilines is 1. The number of halogens is 2. The number of hydrogen-bond donors (Lipinski definition) is 2. The van der Waals surface area contributed by atoms with Crippen molar-refractivity contribution in [2.75, 3.05) is 19.0 Å². The number of amides is 1. The van der Waals surface area contributed by atoms with Crippen LogP contribution in [0, 0.1) is 0 Å². The average molecular weight is 561 g/mol. The predicted octanol–water partition coefficient (Wildman–Crippen LogP) is 6.44. The monoisotopic (exact) mass is 559 g/mol. The smallest absolute Gasteiger partial charge is 0.257 e. The highest BCUT2D eigenvalue weighted by Gasteiger charge is 2.13. The van der Waals surface area contributed by atoms with Gasteiger partial charge < -0.3 is 19.2 Å². The van der Waals surface area contributed by atoms with Gasteiger partial charge in [-0.2, -0.15) is 0 Å². The molecule has 0 unspecified atom stereocenters. The summed E-state index contributed by atoms with van der Waals surface area (Å²) in [5.41, 5.74) is 3.03. The second kappa shape index (κ2) is 10.4. The number of oxazole rings is 1. The van der Waals surface area contributed by atoms with Crippen LogP contribution in [0.3, 0.4) is 0 Å². The first-order chi connectivity index (χ1) is 16.4. The Hall–Kier alpha value is -3.14. The van der Waals surface area contributed by atoms with Crippen molar-refractivity contribution in [1.29, 1.82) is 0 Å². The number of benzene rings is 3. The van der Waals surface area contributed by atoms with E-state index >= 15 is 0 Å². The van der Waals surface area contributed by atoms with E-state index in [0.29, 0.717) is 55.8 Å². The molecule has 1 amide bonds. The standard InChI is InChI=1S/C24H19BrClN3O4S/c1-3-32-19-7-4-13(10-16(19)25)22(30)29-24(34)27-15-6-9-21-18(12-15)28-23(33-21)14-5-8-20(31-2)17(26)11-14/h4-12H,3H2,1-2H3,(H2,27,29,30,34). The summed E-state index contributed by atoms with van der Waals surface area (Å²) >= 11 is 14.9. The van der Waals surface area contributed by atoms with Crippen LogP contribution in [0.25, 0.3) is 22.6 Å². The van der Waals surface area contributed by atoms with Gasteiger partial charge in [-0.1, -0.05) is 11.6 Å². The third kappa shape index (κ3) is 5.32. The minimum Gasteiger partial charge on any atom is -0.495 e. The van der Waals surface area contributed by atoms with Gasteiger partial charge in [0.15, 0.2) is 10.7 Å². The SMILES string of the molecule is CCOc1ccc(C(=O)NC(=S)Nc2ccc3oc(-c4ccc(OC)c(Cl)c4)nc3c2)cc1Br. The first kappa shape index (κ1) is 24.0. The van der Waals surface area contributed by atoms with Crippen molar-refractivity contribution in [1.82, 2.24) is 10.3 Å². The molecule has 2 N–H and O–H groups in total. The highest BCUT2D eigenvalue weighted by atomic mass is 79.9. The zero-order valence-corrected chi connectivity index (χ0v) is 21.3. The normalized spacial score (nSPS) is 10.7. The number of hydrogen-bond acceptors (Lipinski definition) is 6. The highest BCUT2D eigenvalue weighted by Crippen LogP contribution is 2.32. The van der Waals surface area contributed by atoms with Gasteiger partial charge in [0.05, 0.1) is 23.2 Å². The minimum atomic E-state index is -0.345. The summed E-state index contributed by atoms with van der Waals surface area (Å²) in [6, 6.07) is 15.7. The van der Waals surface area contributed by atoms with Gasteiger partial charge in [0.2, 0.25) is 5.89 Å². The van der Waals surface area contributed by atoms with E-state index in [-0.39, 0.29) is 11.0 Å². The van der Waals surface area contributed by atoms with E-state index < -0.39 is 0 Å². The molecule has 4 aromatic rings. The quantitative estimate of drug-likeness (QED) is 0.262. The fraction of sp³-hybridized carbons (Fsp3) is 0.125. The summed E-state index contributed by atoms with van der Waals surface area (Å²) < 4.78 is 17.2. The number of rotatable bonds is 6. The molecule has 7 nitrogen and oxygen atoms in total. The van der Waals surface area contributed by atoms with E-state index in [0.717, 1.165) is 5.56 Å². The van der Waals surface area contributed by atoms with E-state index in [1.54, 1.807) is 55.6 Å². The van der Waals surface area contributed by atoms with Gasteiger partial charge in [-0.15, -0.1) is 0 Å². The molecule has 34 heavy (non-hydrogen) atoms. The second-order valence-electron chi connectivity index (χ2n) is 7.04. The molecule has 0 bridgehead atoms. The number of thiocarbonyl (C=S) groups is 1. The van der Waals surface area contributed by atoms with Gasteiger partial charge >= 0.3 is 0 Å². The average Bonchev–Trinajstić information content (AvgIpc) is 3.23. The van der Waals surface area contributed by atoms with E-state index in [1.807, 2.05) is 13.0 Å². The number of carbonyl (C=O) groups is 1. The van der Waals surface area contributed by atoms with Gasteiger partial charge in [0.25, 0.3) is 5.91 Å². The molecule has 1 aromatic heterocycles. The molecule has 0 radical (unpaired) electrons. The maximum absolute atomic E-state index is 12.6. The number of aromatic nitrogens is 1. The van der Waals surface area contributed by atoms with E-state index in [2.05, 4.69) is 31.5 Å². The van der Waals surface area contributed by atoms with Crippen LogP contribution in [-0.2, 0) is 0 Å². The molecule has 3 aromatic carbocycles. The van der Waals surface area contributed by atoms with Crippen molar-refractivity contribution in [2.24, 2.45) is 0 Å². The third-order valence-corrected chi connectivity index (χ3v) is 5.88. The van der Waals surface area contributed by atoms with Crippen LogP contribution in [0.1, 0.15) is 17.3 Å². The zero-order valence-electron chi connectivity index (χ0n) is 18.1. The molecule has 0 saturated carbocycles. The number of nitrogens with zero attached hydrogens (tertiary/aromatic N) is 1. The molecule has 0 aliphatic rings. The molecule has 174 valence electrons. The Balaban J connectivity index is 1.46. The van der Waals surface area contributed by atoms with E-state index in [1.165, 1.54) is 0 Å². The fourth-order valence-electron chi connectivity index (χ4n) is 3.18. The Morgan fingerprint density at radius 2 is 1.94 bits per heavy atom. The van der Waals surface area contributed by atoms with Gasteiger partial charge in [0, 0.05) is 16.8 Å². The number of methoxy groups -OCH3 is 1. The van der Waals surface area contributed by atoms with Gasteiger partial charge in [-0.3, -0.25) is 10.1 Å². The van der Waals surface area contributed by atoms with Crippen LogP contribution in [0.15, 0.2) is 63.5 Å². The minimum absolute atomic E-state index is 0.153. The predicted molar refractivity (Wildman–Crippen MR) is 140 cm³/mol. The summed E-state index contributed by atoms with van der Waals surface area (Å²) in [6.45, 7) is 2.42. The molecule has 0 atom stereocenters.